The zero-order chi connectivity index (χ0) is 14.8. The maximum atomic E-state index is 13.3. The number of anilines is 1. The van der Waals surface area contributed by atoms with Crippen LogP contribution < -0.4 is 5.32 Å². The molecule has 1 amide bonds. The Morgan fingerprint density at radius 2 is 2.30 bits per heavy atom. The molecule has 1 saturated heterocycles. The van der Waals surface area contributed by atoms with E-state index in [1.165, 1.54) is 11.1 Å². The van der Waals surface area contributed by atoms with Crippen molar-refractivity contribution in [3.05, 3.63) is 23.4 Å². The van der Waals surface area contributed by atoms with E-state index < -0.39 is 12.0 Å². The number of hydrogen-bond acceptors (Lipinski definition) is 3. The van der Waals surface area contributed by atoms with Crippen molar-refractivity contribution >= 4 is 23.3 Å². The van der Waals surface area contributed by atoms with Crippen molar-refractivity contribution < 1.29 is 13.6 Å². The van der Waals surface area contributed by atoms with Crippen molar-refractivity contribution in [2.75, 3.05) is 18.4 Å². The first-order valence-corrected chi connectivity index (χ1v) is 6.79. The quantitative estimate of drug-likeness (QED) is 0.934. The van der Waals surface area contributed by atoms with E-state index in [9.17, 15) is 13.6 Å². The van der Waals surface area contributed by atoms with Crippen molar-refractivity contribution in [3.8, 4) is 0 Å². The van der Waals surface area contributed by atoms with E-state index in [1.807, 2.05) is 0 Å². The van der Waals surface area contributed by atoms with Gasteiger partial charge in [0.2, 0.25) is 5.91 Å². The summed E-state index contributed by atoms with van der Waals surface area (Å²) in [6, 6.07) is 2.54. The molecule has 110 valence electrons. The molecule has 0 aliphatic carbocycles. The number of carbonyl (C=O) groups is 1. The fourth-order valence-corrected chi connectivity index (χ4v) is 2.28. The van der Waals surface area contributed by atoms with E-state index in [-0.39, 0.29) is 18.9 Å². The molecule has 1 atom stereocenters. The summed E-state index contributed by atoms with van der Waals surface area (Å²) in [7, 11) is 0. The lowest BCUT2D eigenvalue weighted by molar-refractivity contribution is -0.125. The van der Waals surface area contributed by atoms with Gasteiger partial charge in [0.15, 0.2) is 0 Å². The smallest absolute Gasteiger partial charge is 0.260 e. The van der Waals surface area contributed by atoms with Gasteiger partial charge in [-0.1, -0.05) is 11.6 Å². The number of pyridine rings is 1. The Balaban J connectivity index is 1.96. The summed E-state index contributed by atoms with van der Waals surface area (Å²) in [5.74, 6) is -2.71. The van der Waals surface area contributed by atoms with Crippen molar-refractivity contribution in [1.82, 2.24) is 9.88 Å². The summed E-state index contributed by atoms with van der Waals surface area (Å²) >= 11 is 5.70. The van der Waals surface area contributed by atoms with Crippen LogP contribution in [0.25, 0.3) is 0 Å². The van der Waals surface area contributed by atoms with Crippen LogP contribution in [0.1, 0.15) is 19.8 Å². The first kappa shape index (κ1) is 15.1. The molecular weight excluding hydrogens is 288 g/mol. The third-order valence-corrected chi connectivity index (χ3v) is 3.55. The van der Waals surface area contributed by atoms with Gasteiger partial charge in [-0.2, -0.15) is 0 Å². The molecule has 0 bridgehead atoms. The van der Waals surface area contributed by atoms with E-state index in [2.05, 4.69) is 10.3 Å². The third kappa shape index (κ3) is 3.86. The number of nitrogens with zero attached hydrogens (tertiary/aromatic N) is 2. The lowest BCUT2D eigenvalue weighted by atomic mass is 10.1. The number of rotatable bonds is 3. The molecule has 0 radical (unpaired) electrons. The van der Waals surface area contributed by atoms with Crippen molar-refractivity contribution in [2.45, 2.75) is 31.7 Å². The zero-order valence-electron chi connectivity index (χ0n) is 11.1. The molecule has 1 aromatic rings. The summed E-state index contributed by atoms with van der Waals surface area (Å²) in [5, 5.41) is 3.06. The monoisotopic (exact) mass is 303 g/mol. The minimum atomic E-state index is -2.72. The Morgan fingerprint density at radius 3 is 2.90 bits per heavy atom. The number of carbonyl (C=O) groups excluding carboxylic acids is 1. The molecule has 1 aromatic heterocycles. The van der Waals surface area contributed by atoms with Gasteiger partial charge in [-0.3, -0.25) is 9.69 Å². The first-order chi connectivity index (χ1) is 9.37. The molecule has 7 heteroatoms. The second kappa shape index (κ2) is 6.01. The number of hydrogen-bond donors (Lipinski definition) is 1. The molecular formula is C13H16ClF2N3O. The van der Waals surface area contributed by atoms with Crippen LogP contribution in [-0.2, 0) is 4.79 Å². The van der Waals surface area contributed by atoms with Crippen LogP contribution in [0.3, 0.4) is 0 Å². The summed E-state index contributed by atoms with van der Waals surface area (Å²) in [6.45, 7) is 1.74. The highest BCUT2D eigenvalue weighted by Gasteiger charge is 2.38. The van der Waals surface area contributed by atoms with Gasteiger partial charge in [0.1, 0.15) is 5.82 Å². The zero-order valence-corrected chi connectivity index (χ0v) is 11.8. The van der Waals surface area contributed by atoms with Gasteiger partial charge in [-0.15, -0.1) is 0 Å². The summed E-state index contributed by atoms with van der Waals surface area (Å²) in [4.78, 5) is 17.5. The SMILES string of the molecule is C[C@@H](C(=O)Nc1ccc(Cl)cn1)N1CCCC(F)(F)C1. The second-order valence-electron chi connectivity index (χ2n) is 4.96. The van der Waals surface area contributed by atoms with Gasteiger partial charge in [0.05, 0.1) is 17.6 Å². The van der Waals surface area contributed by atoms with Crippen LogP contribution in [0.15, 0.2) is 18.3 Å². The van der Waals surface area contributed by atoms with Crippen molar-refractivity contribution in [1.29, 1.82) is 0 Å². The lowest BCUT2D eigenvalue weighted by Gasteiger charge is -2.35. The second-order valence-corrected chi connectivity index (χ2v) is 5.39. The number of alkyl halides is 2. The van der Waals surface area contributed by atoms with Gasteiger partial charge in [0, 0.05) is 12.6 Å². The summed E-state index contributed by atoms with van der Waals surface area (Å²) < 4.78 is 26.7. The van der Waals surface area contributed by atoms with E-state index in [0.717, 1.165) is 0 Å². The number of amides is 1. The molecule has 0 aromatic carbocycles. The molecule has 1 fully saturated rings. The van der Waals surface area contributed by atoms with Crippen LogP contribution in [-0.4, -0.2) is 40.8 Å². The number of nitrogens with one attached hydrogen (secondary N) is 1. The number of aromatic nitrogens is 1. The number of halogens is 3. The van der Waals surface area contributed by atoms with E-state index in [1.54, 1.807) is 19.1 Å². The maximum absolute atomic E-state index is 13.3. The minimum Gasteiger partial charge on any atom is -0.309 e. The van der Waals surface area contributed by atoms with Crippen LogP contribution in [0, 0.1) is 0 Å². The molecule has 4 nitrogen and oxygen atoms in total. The van der Waals surface area contributed by atoms with Crippen molar-refractivity contribution in [2.24, 2.45) is 0 Å². The molecule has 0 spiro atoms. The van der Waals surface area contributed by atoms with Crippen molar-refractivity contribution in [3.63, 3.8) is 0 Å². The molecule has 2 rings (SSSR count). The Hall–Kier alpha value is -1.27. The number of likely N-dealkylation sites (tertiary alicyclic amines) is 1. The minimum absolute atomic E-state index is 0.115. The fraction of sp³-hybridized carbons (Fsp3) is 0.538. The van der Waals surface area contributed by atoms with Gasteiger partial charge in [0.25, 0.3) is 5.92 Å². The third-order valence-electron chi connectivity index (χ3n) is 3.33. The summed E-state index contributed by atoms with van der Waals surface area (Å²) in [6.07, 6.45) is 1.69. The van der Waals surface area contributed by atoms with Gasteiger partial charge in [-0.25, -0.2) is 13.8 Å². The van der Waals surface area contributed by atoms with E-state index in [4.69, 9.17) is 11.6 Å². The lowest BCUT2D eigenvalue weighted by Crippen LogP contribution is -2.50. The topological polar surface area (TPSA) is 45.2 Å². The van der Waals surface area contributed by atoms with Gasteiger partial charge < -0.3 is 5.32 Å². The number of piperidine rings is 1. The highest BCUT2D eigenvalue weighted by molar-refractivity contribution is 6.30. The largest absolute Gasteiger partial charge is 0.309 e. The van der Waals surface area contributed by atoms with Gasteiger partial charge >= 0.3 is 0 Å². The average Bonchev–Trinajstić information content (AvgIpc) is 2.39. The predicted molar refractivity (Wildman–Crippen MR) is 73.1 cm³/mol. The summed E-state index contributed by atoms with van der Waals surface area (Å²) in [5.41, 5.74) is 0. The molecule has 1 aliphatic rings. The Bertz CT molecular complexity index is 481. The average molecular weight is 304 g/mol. The Labute approximate surface area is 121 Å². The molecule has 2 heterocycles. The highest BCUT2D eigenvalue weighted by Crippen LogP contribution is 2.27. The highest BCUT2D eigenvalue weighted by atomic mass is 35.5. The Kier molecular flexibility index (Phi) is 4.55. The molecule has 1 aliphatic heterocycles. The standard InChI is InChI=1S/C13H16ClF2N3O/c1-9(19-6-2-5-13(15,16)8-19)12(20)18-11-4-3-10(14)7-17-11/h3-4,7,9H,2,5-6,8H2,1H3,(H,17,18,20)/t9-/m0/s1. The predicted octanol–water partition coefficient (Wildman–Crippen LogP) is 2.79. The van der Waals surface area contributed by atoms with Crippen LogP contribution >= 0.6 is 11.6 Å². The normalized spacial score (nSPS) is 20.4. The fourth-order valence-electron chi connectivity index (χ4n) is 2.17. The first-order valence-electron chi connectivity index (χ1n) is 6.42. The van der Waals surface area contributed by atoms with Crippen LogP contribution in [0.2, 0.25) is 5.02 Å². The molecule has 20 heavy (non-hydrogen) atoms. The van der Waals surface area contributed by atoms with Crippen LogP contribution in [0.4, 0.5) is 14.6 Å². The molecule has 0 unspecified atom stereocenters. The molecule has 0 saturated carbocycles. The van der Waals surface area contributed by atoms with Crippen LogP contribution in [0.5, 0.6) is 0 Å². The Morgan fingerprint density at radius 1 is 1.55 bits per heavy atom. The van der Waals surface area contributed by atoms with E-state index in [0.29, 0.717) is 23.8 Å². The maximum Gasteiger partial charge on any atom is 0.260 e. The van der Waals surface area contributed by atoms with Gasteiger partial charge in [-0.05, 0) is 32.0 Å². The van der Waals surface area contributed by atoms with E-state index >= 15 is 0 Å². The molecule has 1 N–H and O–H groups in total.